The lowest BCUT2D eigenvalue weighted by Gasteiger charge is -2.19. The van der Waals surface area contributed by atoms with Crippen LogP contribution in [0.25, 0.3) is 0 Å². The summed E-state index contributed by atoms with van der Waals surface area (Å²) < 4.78 is 5.26. The quantitative estimate of drug-likeness (QED) is 0.880. The van der Waals surface area contributed by atoms with Gasteiger partial charge >= 0.3 is 0 Å². The average molecular weight is 260 g/mol. The zero-order chi connectivity index (χ0) is 13.2. The number of hydrogen-bond donors (Lipinski definition) is 1. The molecule has 19 heavy (non-hydrogen) atoms. The van der Waals surface area contributed by atoms with Gasteiger partial charge in [0.1, 0.15) is 5.75 Å². The Balaban J connectivity index is 1.52. The first-order valence-electron chi connectivity index (χ1n) is 7.38. The Morgan fingerprint density at radius 1 is 1.37 bits per heavy atom. The highest BCUT2D eigenvalue weighted by Crippen LogP contribution is 2.33. The van der Waals surface area contributed by atoms with E-state index in [1.807, 2.05) is 6.07 Å². The van der Waals surface area contributed by atoms with E-state index in [1.54, 1.807) is 7.11 Å². The predicted molar refractivity (Wildman–Crippen MR) is 77.4 cm³/mol. The maximum absolute atomic E-state index is 5.26. The molecule has 1 saturated heterocycles. The molecule has 1 aromatic carbocycles. The van der Waals surface area contributed by atoms with Crippen LogP contribution in [0.4, 0.5) is 0 Å². The highest BCUT2D eigenvalue weighted by atomic mass is 16.5. The molecule has 2 unspecified atom stereocenters. The van der Waals surface area contributed by atoms with Crippen LogP contribution >= 0.6 is 0 Å². The standard InChI is InChI=1S/C16H24N2O/c1-12-8-14(11-18(12)15-6-7-15)17-10-13-4-3-5-16(9-13)19-2/h3-5,9,12,14-15,17H,6-8,10-11H2,1-2H3. The molecular weight excluding hydrogens is 236 g/mol. The van der Waals surface area contributed by atoms with Gasteiger partial charge in [-0.25, -0.2) is 0 Å². The van der Waals surface area contributed by atoms with E-state index in [-0.39, 0.29) is 0 Å². The molecule has 2 fully saturated rings. The maximum atomic E-state index is 5.26. The monoisotopic (exact) mass is 260 g/mol. The molecule has 3 rings (SSSR count). The Kier molecular flexibility index (Phi) is 3.76. The summed E-state index contributed by atoms with van der Waals surface area (Å²) in [5, 5.41) is 3.70. The third-order valence-electron chi connectivity index (χ3n) is 4.37. The first-order chi connectivity index (χ1) is 9.26. The Bertz CT molecular complexity index is 431. The van der Waals surface area contributed by atoms with E-state index in [1.165, 1.54) is 31.4 Å². The van der Waals surface area contributed by atoms with Crippen LogP contribution in [0.1, 0.15) is 31.7 Å². The molecular formula is C16H24N2O. The fraction of sp³-hybridized carbons (Fsp3) is 0.625. The van der Waals surface area contributed by atoms with Gasteiger partial charge in [-0.1, -0.05) is 12.1 Å². The number of nitrogens with one attached hydrogen (secondary N) is 1. The molecule has 0 spiro atoms. The molecule has 0 aromatic heterocycles. The number of benzene rings is 1. The summed E-state index contributed by atoms with van der Waals surface area (Å²) >= 11 is 0. The van der Waals surface area contributed by atoms with Crippen molar-refractivity contribution in [1.29, 1.82) is 0 Å². The lowest BCUT2D eigenvalue weighted by atomic mass is 10.1. The molecule has 3 heteroatoms. The van der Waals surface area contributed by atoms with Gasteiger partial charge in [0.2, 0.25) is 0 Å². The number of likely N-dealkylation sites (tertiary alicyclic amines) is 1. The summed E-state index contributed by atoms with van der Waals surface area (Å²) in [7, 11) is 1.72. The minimum Gasteiger partial charge on any atom is -0.497 e. The summed E-state index contributed by atoms with van der Waals surface area (Å²) in [5.74, 6) is 0.943. The molecule has 1 aliphatic heterocycles. The summed E-state index contributed by atoms with van der Waals surface area (Å²) in [6.45, 7) is 4.52. The molecule has 1 aliphatic carbocycles. The van der Waals surface area contributed by atoms with Crippen molar-refractivity contribution in [3.05, 3.63) is 29.8 Å². The average Bonchev–Trinajstić information content (AvgIpc) is 3.20. The molecule has 0 bridgehead atoms. The van der Waals surface area contributed by atoms with E-state index in [0.29, 0.717) is 6.04 Å². The third-order valence-corrected chi connectivity index (χ3v) is 4.37. The van der Waals surface area contributed by atoms with Crippen molar-refractivity contribution in [2.24, 2.45) is 0 Å². The summed E-state index contributed by atoms with van der Waals surface area (Å²) in [6, 6.07) is 10.6. The van der Waals surface area contributed by atoms with Crippen molar-refractivity contribution in [1.82, 2.24) is 10.2 Å². The third kappa shape index (κ3) is 3.10. The van der Waals surface area contributed by atoms with Gasteiger partial charge in [-0.15, -0.1) is 0 Å². The van der Waals surface area contributed by atoms with E-state index in [4.69, 9.17) is 4.74 Å². The van der Waals surface area contributed by atoms with Gasteiger partial charge < -0.3 is 10.1 Å². The van der Waals surface area contributed by atoms with E-state index < -0.39 is 0 Å². The second kappa shape index (κ2) is 5.51. The number of methoxy groups -OCH3 is 1. The van der Waals surface area contributed by atoms with E-state index in [9.17, 15) is 0 Å². The lowest BCUT2D eigenvalue weighted by Crippen LogP contribution is -2.33. The first kappa shape index (κ1) is 12.9. The van der Waals surface area contributed by atoms with Crippen molar-refractivity contribution in [2.45, 2.75) is 50.9 Å². The molecule has 0 amide bonds. The van der Waals surface area contributed by atoms with Gasteiger partial charge in [0.15, 0.2) is 0 Å². The van der Waals surface area contributed by atoms with Gasteiger partial charge in [0, 0.05) is 31.2 Å². The molecule has 104 valence electrons. The predicted octanol–water partition coefficient (Wildman–Crippen LogP) is 2.41. The fourth-order valence-electron chi connectivity index (χ4n) is 3.16. The van der Waals surface area contributed by atoms with Crippen LogP contribution in [0.15, 0.2) is 24.3 Å². The van der Waals surface area contributed by atoms with Crippen molar-refractivity contribution in [2.75, 3.05) is 13.7 Å². The Morgan fingerprint density at radius 3 is 2.95 bits per heavy atom. The molecule has 1 aromatic rings. The number of rotatable bonds is 5. The SMILES string of the molecule is COc1cccc(CNC2CC(C)N(C3CC3)C2)c1. The fourth-order valence-corrected chi connectivity index (χ4v) is 3.16. The zero-order valence-electron chi connectivity index (χ0n) is 11.9. The molecule has 1 saturated carbocycles. The zero-order valence-corrected chi connectivity index (χ0v) is 11.9. The summed E-state index contributed by atoms with van der Waals surface area (Å²) in [5.41, 5.74) is 1.30. The second-order valence-electron chi connectivity index (χ2n) is 5.94. The van der Waals surface area contributed by atoms with Crippen LogP contribution in [-0.4, -0.2) is 36.7 Å². The smallest absolute Gasteiger partial charge is 0.119 e. The minimum absolute atomic E-state index is 0.641. The first-order valence-corrected chi connectivity index (χ1v) is 7.38. The van der Waals surface area contributed by atoms with Gasteiger partial charge in [0.05, 0.1) is 7.11 Å². The van der Waals surface area contributed by atoms with E-state index in [2.05, 4.69) is 35.3 Å². The Hall–Kier alpha value is -1.06. The van der Waals surface area contributed by atoms with Crippen molar-refractivity contribution < 1.29 is 4.74 Å². The summed E-state index contributed by atoms with van der Waals surface area (Å²) in [6.07, 6.45) is 4.10. The van der Waals surface area contributed by atoms with Crippen molar-refractivity contribution >= 4 is 0 Å². The lowest BCUT2D eigenvalue weighted by molar-refractivity contribution is 0.255. The highest BCUT2D eigenvalue weighted by molar-refractivity contribution is 5.28. The topological polar surface area (TPSA) is 24.5 Å². The van der Waals surface area contributed by atoms with Crippen LogP contribution < -0.4 is 10.1 Å². The van der Waals surface area contributed by atoms with Gasteiger partial charge in [-0.2, -0.15) is 0 Å². The molecule has 2 aliphatic rings. The van der Waals surface area contributed by atoms with Crippen LogP contribution in [-0.2, 0) is 6.54 Å². The summed E-state index contributed by atoms with van der Waals surface area (Å²) in [4.78, 5) is 2.68. The Labute approximate surface area is 115 Å². The Morgan fingerprint density at radius 2 is 2.21 bits per heavy atom. The highest BCUT2D eigenvalue weighted by Gasteiger charge is 2.38. The molecule has 3 nitrogen and oxygen atoms in total. The normalized spacial score (nSPS) is 27.7. The molecule has 1 heterocycles. The maximum Gasteiger partial charge on any atom is 0.119 e. The number of ether oxygens (including phenoxy) is 1. The molecule has 2 atom stereocenters. The van der Waals surface area contributed by atoms with Gasteiger partial charge in [0.25, 0.3) is 0 Å². The number of hydrogen-bond acceptors (Lipinski definition) is 3. The minimum atomic E-state index is 0.641. The van der Waals surface area contributed by atoms with Crippen molar-refractivity contribution in [3.63, 3.8) is 0 Å². The second-order valence-corrected chi connectivity index (χ2v) is 5.94. The van der Waals surface area contributed by atoms with Gasteiger partial charge in [-0.05, 0) is 43.9 Å². The van der Waals surface area contributed by atoms with Gasteiger partial charge in [-0.3, -0.25) is 4.90 Å². The van der Waals surface area contributed by atoms with E-state index >= 15 is 0 Å². The molecule has 1 N–H and O–H groups in total. The van der Waals surface area contributed by atoms with Crippen LogP contribution in [0.5, 0.6) is 5.75 Å². The van der Waals surface area contributed by atoms with Crippen molar-refractivity contribution in [3.8, 4) is 5.75 Å². The molecule has 0 radical (unpaired) electrons. The van der Waals surface area contributed by atoms with Crippen LogP contribution in [0, 0.1) is 0 Å². The van der Waals surface area contributed by atoms with Crippen LogP contribution in [0.3, 0.4) is 0 Å². The largest absolute Gasteiger partial charge is 0.497 e. The number of nitrogens with zero attached hydrogens (tertiary/aromatic N) is 1. The van der Waals surface area contributed by atoms with E-state index in [0.717, 1.165) is 24.4 Å². The van der Waals surface area contributed by atoms with Crippen LogP contribution in [0.2, 0.25) is 0 Å².